The van der Waals surface area contributed by atoms with Crippen molar-refractivity contribution in [2.45, 2.75) is 6.92 Å². The molecule has 226 valence electrons. The molecule has 0 spiro atoms. The minimum absolute atomic E-state index is 0.0170. The maximum atomic E-state index is 12.3. The third kappa shape index (κ3) is 10.4. The highest BCUT2D eigenvalue weighted by atomic mass is 16.4. The summed E-state index contributed by atoms with van der Waals surface area (Å²) in [6, 6.07) is 32.1. The Hall–Kier alpha value is -6.47. The summed E-state index contributed by atoms with van der Waals surface area (Å²) in [4.78, 5) is 44.6. The van der Waals surface area contributed by atoms with Crippen molar-refractivity contribution in [1.82, 2.24) is 15.3 Å². The molecule has 10 nitrogen and oxygen atoms in total. The summed E-state index contributed by atoms with van der Waals surface area (Å²) >= 11 is 0. The summed E-state index contributed by atoms with van der Waals surface area (Å²) in [5.41, 5.74) is 10.4. The van der Waals surface area contributed by atoms with Crippen molar-refractivity contribution in [3.63, 3.8) is 0 Å². The van der Waals surface area contributed by atoms with E-state index in [2.05, 4.69) is 57.8 Å². The first-order valence-electron chi connectivity index (χ1n) is 13.6. The summed E-state index contributed by atoms with van der Waals surface area (Å²) in [6.07, 6.45) is 9.64. The molecule has 0 unspecified atom stereocenters. The Kier molecular flexibility index (Phi) is 12.4. The number of carbonyl (C=O) groups is 3. The zero-order chi connectivity index (χ0) is 32.6. The van der Waals surface area contributed by atoms with Crippen LogP contribution < -0.4 is 21.7 Å². The summed E-state index contributed by atoms with van der Waals surface area (Å²) in [6.45, 7) is 1.76. The van der Waals surface area contributed by atoms with Gasteiger partial charge >= 0.3 is 5.97 Å². The SMILES string of the molecule is C#C.Cc1ccccc1.Nc1cccc(Nc2nccc(-c3ccc(NC(=O)CNC(=O)c4ccccc4C(=O)O)cc3)n2)c1. The highest BCUT2D eigenvalue weighted by Gasteiger charge is 2.16. The number of nitrogens with two attached hydrogens (primary N) is 1. The van der Waals surface area contributed by atoms with Gasteiger partial charge < -0.3 is 26.8 Å². The van der Waals surface area contributed by atoms with Gasteiger partial charge in [-0.05, 0) is 55.5 Å². The van der Waals surface area contributed by atoms with E-state index >= 15 is 0 Å². The van der Waals surface area contributed by atoms with Gasteiger partial charge in [-0.15, -0.1) is 12.8 Å². The number of aromatic nitrogens is 2. The molecular formula is C35H32N6O4. The van der Waals surface area contributed by atoms with Crippen LogP contribution in [0.3, 0.4) is 0 Å². The zero-order valence-corrected chi connectivity index (χ0v) is 24.5. The van der Waals surface area contributed by atoms with Crippen molar-refractivity contribution >= 4 is 40.8 Å². The summed E-state index contributed by atoms with van der Waals surface area (Å²) in [7, 11) is 0. The van der Waals surface area contributed by atoms with Crippen molar-refractivity contribution in [1.29, 1.82) is 0 Å². The van der Waals surface area contributed by atoms with Gasteiger partial charge in [0.25, 0.3) is 5.91 Å². The lowest BCUT2D eigenvalue weighted by atomic mass is 10.1. The Morgan fingerprint density at radius 2 is 1.47 bits per heavy atom. The lowest BCUT2D eigenvalue weighted by Gasteiger charge is -2.10. The summed E-state index contributed by atoms with van der Waals surface area (Å²) in [5.74, 6) is -1.92. The number of carboxylic acids is 1. The fraction of sp³-hybridized carbons (Fsp3) is 0.0571. The van der Waals surface area contributed by atoms with Gasteiger partial charge in [0.05, 0.1) is 23.4 Å². The Bertz CT molecular complexity index is 1760. The van der Waals surface area contributed by atoms with Gasteiger partial charge in [-0.3, -0.25) is 9.59 Å². The lowest BCUT2D eigenvalue weighted by molar-refractivity contribution is -0.115. The number of hydrogen-bond acceptors (Lipinski definition) is 7. The van der Waals surface area contributed by atoms with E-state index in [9.17, 15) is 19.5 Å². The van der Waals surface area contributed by atoms with Crippen LogP contribution in [-0.2, 0) is 4.79 Å². The van der Waals surface area contributed by atoms with Crippen molar-refractivity contribution < 1.29 is 19.5 Å². The van der Waals surface area contributed by atoms with E-state index in [4.69, 9.17) is 5.73 Å². The number of nitrogens with zero attached hydrogens (tertiary/aromatic N) is 2. The summed E-state index contributed by atoms with van der Waals surface area (Å²) < 4.78 is 0. The monoisotopic (exact) mass is 600 g/mol. The second-order valence-electron chi connectivity index (χ2n) is 9.33. The number of carbonyl (C=O) groups excluding carboxylic acids is 2. The van der Waals surface area contributed by atoms with E-state index in [0.29, 0.717) is 23.0 Å². The third-order valence-corrected chi connectivity index (χ3v) is 6.01. The van der Waals surface area contributed by atoms with Crippen LogP contribution in [0.25, 0.3) is 11.3 Å². The van der Waals surface area contributed by atoms with Crippen LogP contribution in [0.4, 0.5) is 23.0 Å². The van der Waals surface area contributed by atoms with Crippen LogP contribution in [-0.4, -0.2) is 39.4 Å². The molecule has 0 saturated heterocycles. The molecule has 10 heteroatoms. The van der Waals surface area contributed by atoms with Crippen LogP contribution in [0.2, 0.25) is 0 Å². The standard InChI is InChI=1S/C26H22N6O4.C7H8.C2H2/c27-17-4-3-5-19(14-17)31-26-28-13-12-22(32-26)16-8-10-18(11-9-16)30-23(33)15-29-24(34)20-6-1-2-7-21(20)25(35)36;1-7-5-3-2-4-6-7;1-2/h1-14H,15,27H2,(H,29,34)(H,30,33)(H,35,36)(H,28,31,32);2-6H,1H3;1-2H. The second kappa shape index (κ2) is 16.8. The van der Waals surface area contributed by atoms with Crippen LogP contribution in [0.1, 0.15) is 26.3 Å². The molecule has 1 heterocycles. The van der Waals surface area contributed by atoms with Gasteiger partial charge in [0.1, 0.15) is 0 Å². The number of aryl methyl sites for hydroxylation is 1. The molecular weight excluding hydrogens is 568 g/mol. The van der Waals surface area contributed by atoms with Crippen LogP contribution in [0.5, 0.6) is 0 Å². The molecule has 45 heavy (non-hydrogen) atoms. The molecule has 0 radical (unpaired) electrons. The molecule has 0 saturated carbocycles. The molecule has 0 atom stereocenters. The fourth-order valence-electron chi connectivity index (χ4n) is 3.91. The maximum absolute atomic E-state index is 12.3. The number of carboxylic acid groups (broad SMARTS) is 1. The fourth-order valence-corrected chi connectivity index (χ4v) is 3.91. The number of amides is 2. The zero-order valence-electron chi connectivity index (χ0n) is 24.5. The Morgan fingerprint density at radius 3 is 2.09 bits per heavy atom. The van der Waals surface area contributed by atoms with Gasteiger partial charge in [-0.1, -0.05) is 66.2 Å². The van der Waals surface area contributed by atoms with Gasteiger partial charge in [0.15, 0.2) is 0 Å². The minimum Gasteiger partial charge on any atom is -0.478 e. The smallest absolute Gasteiger partial charge is 0.336 e. The Balaban J connectivity index is 0.000000534. The molecule has 1 aromatic heterocycles. The quantitative estimate of drug-likeness (QED) is 0.111. The first-order chi connectivity index (χ1) is 21.8. The number of hydrogen-bond donors (Lipinski definition) is 5. The molecule has 4 aromatic carbocycles. The van der Waals surface area contributed by atoms with E-state index in [1.54, 1.807) is 54.7 Å². The van der Waals surface area contributed by atoms with Crippen molar-refractivity contribution in [2.24, 2.45) is 0 Å². The first kappa shape index (κ1) is 33.0. The van der Waals surface area contributed by atoms with Gasteiger partial charge in [-0.2, -0.15) is 0 Å². The van der Waals surface area contributed by atoms with Crippen LogP contribution in [0, 0.1) is 19.8 Å². The number of anilines is 4. The molecule has 2 amide bonds. The van der Waals surface area contributed by atoms with E-state index in [1.165, 1.54) is 23.8 Å². The normalized spacial score (nSPS) is 9.67. The molecule has 5 rings (SSSR count). The average Bonchev–Trinajstić information content (AvgIpc) is 3.06. The van der Waals surface area contributed by atoms with Crippen LogP contribution in [0.15, 0.2) is 115 Å². The second-order valence-corrected chi connectivity index (χ2v) is 9.33. The van der Waals surface area contributed by atoms with E-state index in [1.807, 2.05) is 30.3 Å². The van der Waals surface area contributed by atoms with Crippen molar-refractivity contribution in [2.75, 3.05) is 22.9 Å². The lowest BCUT2D eigenvalue weighted by Crippen LogP contribution is -2.33. The Morgan fingerprint density at radius 1 is 0.800 bits per heavy atom. The maximum Gasteiger partial charge on any atom is 0.336 e. The molecule has 0 bridgehead atoms. The number of aromatic carboxylic acids is 1. The number of benzene rings is 4. The minimum atomic E-state index is -1.22. The highest BCUT2D eigenvalue weighted by Crippen LogP contribution is 2.22. The molecule has 5 aromatic rings. The summed E-state index contributed by atoms with van der Waals surface area (Å²) in [5, 5.41) is 17.4. The largest absolute Gasteiger partial charge is 0.478 e. The van der Waals surface area contributed by atoms with E-state index in [0.717, 1.165) is 11.3 Å². The van der Waals surface area contributed by atoms with Gasteiger partial charge in [0, 0.05) is 28.8 Å². The number of rotatable bonds is 8. The van der Waals surface area contributed by atoms with Crippen molar-refractivity contribution in [3.05, 3.63) is 132 Å². The molecule has 6 N–H and O–H groups in total. The average molecular weight is 601 g/mol. The topological polar surface area (TPSA) is 159 Å². The van der Waals surface area contributed by atoms with E-state index in [-0.39, 0.29) is 17.7 Å². The number of nitrogens with one attached hydrogen (secondary N) is 3. The van der Waals surface area contributed by atoms with Crippen molar-refractivity contribution in [3.8, 4) is 24.1 Å². The molecule has 0 fully saturated rings. The molecule has 0 aliphatic rings. The highest BCUT2D eigenvalue weighted by molar-refractivity contribution is 6.06. The van der Waals surface area contributed by atoms with Crippen LogP contribution >= 0.6 is 0 Å². The molecule has 0 aliphatic carbocycles. The Labute approximate surface area is 261 Å². The predicted molar refractivity (Wildman–Crippen MR) is 177 cm³/mol. The predicted octanol–water partition coefficient (Wildman–Crippen LogP) is 5.78. The number of nitrogen functional groups attached to an aromatic ring is 1. The number of terminal acetylenes is 1. The van der Waals surface area contributed by atoms with Gasteiger partial charge in [-0.25, -0.2) is 14.8 Å². The first-order valence-corrected chi connectivity index (χ1v) is 13.6. The molecule has 0 aliphatic heterocycles. The third-order valence-electron chi connectivity index (χ3n) is 6.01. The van der Waals surface area contributed by atoms with Gasteiger partial charge in [0.2, 0.25) is 11.9 Å². The van der Waals surface area contributed by atoms with E-state index < -0.39 is 17.8 Å².